The fourth-order valence-electron chi connectivity index (χ4n) is 5.07. The average molecular weight is 747 g/mol. The van der Waals surface area contributed by atoms with E-state index in [4.69, 9.17) is 9.47 Å². The number of amides is 4. The third-order valence-corrected chi connectivity index (χ3v) is 10.5. The minimum absolute atomic E-state index is 0.0753. The summed E-state index contributed by atoms with van der Waals surface area (Å²) in [5, 5.41) is 10.1. The molecule has 0 bridgehead atoms. The summed E-state index contributed by atoms with van der Waals surface area (Å²) in [6, 6.07) is 19.3. The maximum absolute atomic E-state index is 13.5. The van der Waals surface area contributed by atoms with Crippen LogP contribution in [0.15, 0.2) is 82.7 Å². The van der Waals surface area contributed by atoms with Crippen LogP contribution >= 0.6 is 34.4 Å². The lowest BCUT2D eigenvalue weighted by molar-refractivity contribution is -0.115. The molecule has 51 heavy (non-hydrogen) atoms. The number of anilines is 2. The molecule has 2 aromatic carbocycles. The van der Waals surface area contributed by atoms with Gasteiger partial charge in [-0.05, 0) is 87.5 Å². The van der Waals surface area contributed by atoms with Crippen molar-refractivity contribution in [3.05, 3.63) is 104 Å². The van der Waals surface area contributed by atoms with Crippen LogP contribution in [0.3, 0.4) is 0 Å². The van der Waals surface area contributed by atoms with E-state index in [0.717, 1.165) is 15.3 Å². The number of ether oxygens (including phenoxy) is 2. The van der Waals surface area contributed by atoms with Crippen molar-refractivity contribution in [3.8, 4) is 0 Å². The van der Waals surface area contributed by atoms with Crippen molar-refractivity contribution in [2.24, 2.45) is 0 Å². The number of methoxy groups -OCH3 is 1. The van der Waals surface area contributed by atoms with Gasteiger partial charge in [0.05, 0.1) is 24.5 Å². The Hall–Kier alpha value is -4.92. The normalized spacial score (nSPS) is 13.4. The number of rotatable bonds is 10. The highest BCUT2D eigenvalue weighted by molar-refractivity contribution is 8.00. The number of carbonyl (C=O) groups is 5. The molecule has 11 nitrogen and oxygen atoms in total. The van der Waals surface area contributed by atoms with Gasteiger partial charge in [0.1, 0.15) is 16.3 Å². The van der Waals surface area contributed by atoms with Gasteiger partial charge in [-0.1, -0.05) is 30.3 Å². The fraction of sp³-hybridized carbons (Fsp3) is 0.270. The first-order valence-corrected chi connectivity index (χ1v) is 18.6. The Bertz CT molecular complexity index is 1950. The molecule has 1 aliphatic heterocycles. The van der Waals surface area contributed by atoms with Crippen molar-refractivity contribution in [3.63, 3.8) is 0 Å². The first kappa shape index (κ1) is 37.3. The lowest BCUT2D eigenvalue weighted by Gasteiger charge is -2.30. The molecule has 266 valence electrons. The number of carbonyl (C=O) groups excluding carboxylic acids is 5. The zero-order valence-electron chi connectivity index (χ0n) is 28.7. The van der Waals surface area contributed by atoms with Crippen LogP contribution in [-0.4, -0.2) is 59.2 Å². The number of nitrogens with zero attached hydrogens (tertiary/aromatic N) is 1. The Morgan fingerprint density at radius 2 is 1.75 bits per heavy atom. The molecule has 0 saturated heterocycles. The first-order chi connectivity index (χ1) is 24.3. The predicted octanol–water partition coefficient (Wildman–Crippen LogP) is 7.42. The van der Waals surface area contributed by atoms with Gasteiger partial charge in [0.25, 0.3) is 11.8 Å². The van der Waals surface area contributed by atoms with Crippen molar-refractivity contribution in [2.75, 3.05) is 24.3 Å². The highest BCUT2D eigenvalue weighted by Crippen LogP contribution is 2.38. The van der Waals surface area contributed by atoms with E-state index in [0.29, 0.717) is 39.7 Å². The van der Waals surface area contributed by atoms with Gasteiger partial charge < -0.3 is 30.3 Å². The van der Waals surface area contributed by atoms with E-state index in [2.05, 4.69) is 16.0 Å². The number of fused-ring (bicyclic) bond motifs is 1. The van der Waals surface area contributed by atoms with E-state index in [1.165, 1.54) is 41.5 Å². The molecule has 5 rings (SSSR count). The summed E-state index contributed by atoms with van der Waals surface area (Å²) in [6.45, 7) is 7.75. The minimum atomic E-state index is -0.646. The van der Waals surface area contributed by atoms with Crippen LogP contribution in [0.5, 0.6) is 0 Å². The number of esters is 1. The summed E-state index contributed by atoms with van der Waals surface area (Å²) in [7, 11) is 1.29. The van der Waals surface area contributed by atoms with E-state index in [1.54, 1.807) is 87.2 Å². The fourth-order valence-corrected chi connectivity index (χ4v) is 7.90. The van der Waals surface area contributed by atoms with Gasteiger partial charge >= 0.3 is 12.1 Å². The van der Waals surface area contributed by atoms with Crippen molar-refractivity contribution in [2.45, 2.75) is 56.4 Å². The first-order valence-electron chi connectivity index (χ1n) is 16.0. The molecule has 3 heterocycles. The number of benzene rings is 2. The topological polar surface area (TPSA) is 143 Å². The summed E-state index contributed by atoms with van der Waals surface area (Å²) in [5.41, 5.74) is 1.35. The number of thiophene rings is 2. The zero-order valence-corrected chi connectivity index (χ0v) is 31.2. The van der Waals surface area contributed by atoms with E-state index in [1.807, 2.05) is 23.6 Å². The summed E-state index contributed by atoms with van der Waals surface area (Å²) in [4.78, 5) is 69.3. The predicted molar refractivity (Wildman–Crippen MR) is 201 cm³/mol. The monoisotopic (exact) mass is 746 g/mol. The molecule has 4 aromatic rings. The van der Waals surface area contributed by atoms with Gasteiger partial charge in [0.2, 0.25) is 5.91 Å². The van der Waals surface area contributed by atoms with Crippen LogP contribution in [0.25, 0.3) is 6.08 Å². The molecular formula is C37H38N4O7S3. The minimum Gasteiger partial charge on any atom is -0.465 e. The summed E-state index contributed by atoms with van der Waals surface area (Å²) >= 11 is 3.94. The van der Waals surface area contributed by atoms with Crippen LogP contribution < -0.4 is 16.0 Å². The van der Waals surface area contributed by atoms with Crippen LogP contribution in [0.4, 0.5) is 15.5 Å². The molecule has 0 spiro atoms. The van der Waals surface area contributed by atoms with Crippen LogP contribution in [0.1, 0.15) is 63.7 Å². The van der Waals surface area contributed by atoms with Crippen molar-refractivity contribution < 1.29 is 33.4 Å². The Morgan fingerprint density at radius 1 is 0.980 bits per heavy atom. The van der Waals surface area contributed by atoms with E-state index in [9.17, 15) is 24.0 Å². The van der Waals surface area contributed by atoms with Gasteiger partial charge in [0, 0.05) is 32.4 Å². The maximum Gasteiger partial charge on any atom is 0.410 e. The van der Waals surface area contributed by atoms with Gasteiger partial charge in [0.15, 0.2) is 0 Å². The number of hydrogen-bond donors (Lipinski definition) is 3. The summed E-state index contributed by atoms with van der Waals surface area (Å²) in [6.07, 6.45) is 1.59. The molecular weight excluding hydrogens is 709 g/mol. The van der Waals surface area contributed by atoms with Crippen LogP contribution in [-0.2, 0) is 32.0 Å². The van der Waals surface area contributed by atoms with E-state index < -0.39 is 34.7 Å². The number of nitrogens with one attached hydrogen (secondary N) is 3. The second-order valence-electron chi connectivity index (χ2n) is 12.5. The smallest absolute Gasteiger partial charge is 0.410 e. The molecule has 1 atom stereocenters. The number of hydrogen-bond acceptors (Lipinski definition) is 10. The Kier molecular flexibility index (Phi) is 12.0. The van der Waals surface area contributed by atoms with E-state index in [-0.39, 0.29) is 18.1 Å². The van der Waals surface area contributed by atoms with Crippen LogP contribution in [0.2, 0.25) is 0 Å². The molecule has 2 aromatic heterocycles. The zero-order chi connectivity index (χ0) is 36.7. The summed E-state index contributed by atoms with van der Waals surface area (Å²) < 4.78 is 10.6. The third kappa shape index (κ3) is 9.87. The highest BCUT2D eigenvalue weighted by atomic mass is 32.2. The Labute approximate surface area is 308 Å². The van der Waals surface area contributed by atoms with Gasteiger partial charge in [-0.25, -0.2) is 9.59 Å². The molecule has 3 N–H and O–H groups in total. The molecule has 14 heteroatoms. The molecule has 0 radical (unpaired) electrons. The van der Waals surface area contributed by atoms with Crippen molar-refractivity contribution in [1.82, 2.24) is 10.2 Å². The van der Waals surface area contributed by atoms with Crippen molar-refractivity contribution in [1.29, 1.82) is 0 Å². The second-order valence-corrected chi connectivity index (χ2v) is 16.0. The van der Waals surface area contributed by atoms with Gasteiger partial charge in [-0.15, -0.1) is 34.4 Å². The maximum atomic E-state index is 13.5. The van der Waals surface area contributed by atoms with Crippen molar-refractivity contribution >= 4 is 81.0 Å². The Morgan fingerprint density at radius 3 is 2.43 bits per heavy atom. The molecule has 1 aliphatic rings. The Balaban J connectivity index is 1.26. The molecule has 4 amide bonds. The quantitative estimate of drug-likeness (QED) is 0.0865. The summed E-state index contributed by atoms with van der Waals surface area (Å²) in [5.74, 6) is -1.83. The number of thioether (sulfide) groups is 1. The molecule has 1 unspecified atom stereocenters. The SMILES string of the molecule is COC(=O)c1c(NC(=O)C(C)Sc2cccc(NC(=O)/C(=C/c3cccs3)NC(=O)c3ccccc3)c2)sc2c1CCN(C(=O)OC(C)(C)C)C2. The second kappa shape index (κ2) is 16.4. The van der Waals surface area contributed by atoms with Gasteiger partial charge in [-0.3, -0.25) is 14.4 Å². The van der Waals surface area contributed by atoms with Crippen LogP contribution in [0, 0.1) is 0 Å². The average Bonchev–Trinajstić information content (AvgIpc) is 3.74. The largest absolute Gasteiger partial charge is 0.465 e. The highest BCUT2D eigenvalue weighted by Gasteiger charge is 2.33. The lowest BCUT2D eigenvalue weighted by atomic mass is 10.0. The lowest BCUT2D eigenvalue weighted by Crippen LogP contribution is -2.39. The molecule has 0 fully saturated rings. The standard InChI is InChI=1S/C37H38N4O7S3/c1-22(31(42)40-34-30(35(45)47-5)27-16-17-41(21-29(27)51-34)36(46)48-37(2,3)4)50-26-14-9-13-24(19-26)38-33(44)28(20-25-15-10-18-49-25)39-32(43)23-11-7-6-8-12-23/h6-15,18-20,22H,16-17,21H2,1-5H3,(H,38,44)(H,39,43)(H,40,42)/b28-20-. The molecule has 0 saturated carbocycles. The third-order valence-electron chi connectivity index (χ3n) is 7.47. The molecule has 0 aliphatic carbocycles. The van der Waals surface area contributed by atoms with Gasteiger partial charge in [-0.2, -0.15) is 0 Å². The van der Waals surface area contributed by atoms with E-state index >= 15 is 0 Å².